The first-order chi connectivity index (χ1) is 4.21. The van der Waals surface area contributed by atoms with Crippen LogP contribution in [0, 0.1) is 0 Å². The van der Waals surface area contributed by atoms with Crippen molar-refractivity contribution in [2.24, 2.45) is 11.5 Å². The summed E-state index contributed by atoms with van der Waals surface area (Å²) in [6, 6.07) is 0. The molecule has 0 aromatic carbocycles. The van der Waals surface area contributed by atoms with Crippen molar-refractivity contribution in [3.05, 3.63) is 0 Å². The highest BCUT2D eigenvalue weighted by molar-refractivity contribution is 4.78. The standard InChI is InChI=1S/C7H16N2/c8-7(9)5-3-1-2-4-6-7/h1-6,8-9H2. The van der Waals surface area contributed by atoms with Gasteiger partial charge in [0.1, 0.15) is 0 Å². The van der Waals surface area contributed by atoms with Gasteiger partial charge in [-0.15, -0.1) is 0 Å². The Balaban J connectivity index is 2.36. The van der Waals surface area contributed by atoms with Crippen LogP contribution in [0.15, 0.2) is 0 Å². The van der Waals surface area contributed by atoms with Gasteiger partial charge < -0.3 is 11.5 Å². The van der Waals surface area contributed by atoms with Crippen LogP contribution in [-0.2, 0) is 0 Å². The zero-order chi connectivity index (χ0) is 6.74. The Kier molecular flexibility index (Phi) is 2.09. The first-order valence-corrected chi connectivity index (χ1v) is 3.78. The summed E-state index contributed by atoms with van der Waals surface area (Å²) in [7, 11) is 0. The maximum Gasteiger partial charge on any atom is 0.0636 e. The van der Waals surface area contributed by atoms with E-state index in [4.69, 9.17) is 11.5 Å². The Hall–Kier alpha value is -0.0800. The van der Waals surface area contributed by atoms with E-state index < -0.39 is 0 Å². The van der Waals surface area contributed by atoms with Gasteiger partial charge in [-0.1, -0.05) is 25.7 Å². The maximum atomic E-state index is 5.76. The summed E-state index contributed by atoms with van der Waals surface area (Å²) >= 11 is 0. The summed E-state index contributed by atoms with van der Waals surface area (Å²) in [6.07, 6.45) is 7.08. The molecule has 0 aromatic heterocycles. The van der Waals surface area contributed by atoms with Crippen molar-refractivity contribution < 1.29 is 0 Å². The Morgan fingerprint density at radius 2 is 1.22 bits per heavy atom. The van der Waals surface area contributed by atoms with Gasteiger partial charge >= 0.3 is 0 Å². The molecule has 1 fully saturated rings. The van der Waals surface area contributed by atoms with E-state index in [2.05, 4.69) is 0 Å². The molecular weight excluding hydrogens is 112 g/mol. The van der Waals surface area contributed by atoms with E-state index in [-0.39, 0.29) is 5.66 Å². The minimum atomic E-state index is -0.337. The third kappa shape index (κ3) is 2.33. The van der Waals surface area contributed by atoms with Crippen LogP contribution in [0.1, 0.15) is 38.5 Å². The van der Waals surface area contributed by atoms with E-state index >= 15 is 0 Å². The zero-order valence-electron chi connectivity index (χ0n) is 5.90. The van der Waals surface area contributed by atoms with Crippen molar-refractivity contribution in [1.29, 1.82) is 0 Å². The second kappa shape index (κ2) is 2.67. The summed E-state index contributed by atoms with van der Waals surface area (Å²) < 4.78 is 0. The molecule has 54 valence electrons. The number of hydrogen-bond donors (Lipinski definition) is 2. The average molecular weight is 128 g/mol. The molecule has 0 amide bonds. The molecule has 1 aliphatic carbocycles. The predicted molar refractivity (Wildman–Crippen MR) is 38.8 cm³/mol. The van der Waals surface area contributed by atoms with Gasteiger partial charge in [-0.25, -0.2) is 0 Å². The Morgan fingerprint density at radius 3 is 1.67 bits per heavy atom. The van der Waals surface area contributed by atoms with Gasteiger partial charge in [0.25, 0.3) is 0 Å². The van der Waals surface area contributed by atoms with E-state index in [0.717, 1.165) is 12.8 Å². The Bertz CT molecular complexity index is 78.9. The Morgan fingerprint density at radius 1 is 0.778 bits per heavy atom. The molecule has 2 heteroatoms. The molecule has 1 aliphatic rings. The fourth-order valence-corrected chi connectivity index (χ4v) is 1.39. The molecular formula is C7H16N2. The van der Waals surface area contributed by atoms with Gasteiger partial charge in [-0.2, -0.15) is 0 Å². The lowest BCUT2D eigenvalue weighted by Gasteiger charge is -2.21. The normalized spacial score (nSPS) is 27.3. The summed E-state index contributed by atoms with van der Waals surface area (Å²) in [6.45, 7) is 0. The molecule has 0 heterocycles. The molecule has 0 aromatic rings. The van der Waals surface area contributed by atoms with Gasteiger partial charge in [0.15, 0.2) is 0 Å². The van der Waals surface area contributed by atoms with E-state index in [1.165, 1.54) is 25.7 Å². The molecule has 4 N–H and O–H groups in total. The van der Waals surface area contributed by atoms with Crippen LogP contribution in [0.3, 0.4) is 0 Å². The molecule has 1 rings (SSSR count). The number of hydrogen-bond acceptors (Lipinski definition) is 2. The molecule has 9 heavy (non-hydrogen) atoms. The topological polar surface area (TPSA) is 52.0 Å². The highest BCUT2D eigenvalue weighted by atomic mass is 14.9. The molecule has 0 aliphatic heterocycles. The first kappa shape index (κ1) is 7.03. The number of nitrogens with two attached hydrogens (primary N) is 2. The van der Waals surface area contributed by atoms with E-state index in [9.17, 15) is 0 Å². The van der Waals surface area contributed by atoms with Crippen LogP contribution in [0.4, 0.5) is 0 Å². The van der Waals surface area contributed by atoms with Gasteiger partial charge in [0, 0.05) is 0 Å². The van der Waals surface area contributed by atoms with Crippen LogP contribution in [-0.4, -0.2) is 5.66 Å². The fourth-order valence-electron chi connectivity index (χ4n) is 1.39. The SMILES string of the molecule is NC1(N)CCCCCC1. The quantitative estimate of drug-likeness (QED) is 0.377. The van der Waals surface area contributed by atoms with Crippen LogP contribution < -0.4 is 11.5 Å². The van der Waals surface area contributed by atoms with Crippen molar-refractivity contribution in [2.45, 2.75) is 44.2 Å². The summed E-state index contributed by atoms with van der Waals surface area (Å²) in [5.74, 6) is 0. The summed E-state index contributed by atoms with van der Waals surface area (Å²) in [5, 5.41) is 0. The lowest BCUT2D eigenvalue weighted by molar-refractivity contribution is 0.386. The molecule has 0 unspecified atom stereocenters. The van der Waals surface area contributed by atoms with Crippen LogP contribution >= 0.6 is 0 Å². The first-order valence-electron chi connectivity index (χ1n) is 3.78. The second-order valence-electron chi connectivity index (χ2n) is 3.15. The highest BCUT2D eigenvalue weighted by Gasteiger charge is 2.19. The Labute approximate surface area is 56.6 Å². The van der Waals surface area contributed by atoms with Crippen LogP contribution in [0.2, 0.25) is 0 Å². The van der Waals surface area contributed by atoms with Crippen LogP contribution in [0.5, 0.6) is 0 Å². The minimum Gasteiger partial charge on any atom is -0.313 e. The van der Waals surface area contributed by atoms with E-state index in [1.54, 1.807) is 0 Å². The molecule has 0 saturated heterocycles. The summed E-state index contributed by atoms with van der Waals surface area (Å²) in [4.78, 5) is 0. The minimum absolute atomic E-state index is 0.337. The molecule has 0 atom stereocenters. The van der Waals surface area contributed by atoms with Crippen molar-refractivity contribution >= 4 is 0 Å². The molecule has 2 nitrogen and oxygen atoms in total. The van der Waals surface area contributed by atoms with Gasteiger partial charge in [-0.05, 0) is 12.8 Å². The van der Waals surface area contributed by atoms with Gasteiger partial charge in [0.2, 0.25) is 0 Å². The lowest BCUT2D eigenvalue weighted by atomic mass is 10.0. The third-order valence-electron chi connectivity index (χ3n) is 2.03. The fraction of sp³-hybridized carbons (Fsp3) is 1.00. The largest absolute Gasteiger partial charge is 0.313 e. The van der Waals surface area contributed by atoms with E-state index in [0.29, 0.717) is 0 Å². The third-order valence-corrected chi connectivity index (χ3v) is 2.03. The van der Waals surface area contributed by atoms with Crippen molar-refractivity contribution in [3.63, 3.8) is 0 Å². The highest BCUT2D eigenvalue weighted by Crippen LogP contribution is 2.20. The maximum absolute atomic E-state index is 5.76. The van der Waals surface area contributed by atoms with Gasteiger partial charge in [-0.3, -0.25) is 0 Å². The van der Waals surface area contributed by atoms with Gasteiger partial charge in [0.05, 0.1) is 5.66 Å². The van der Waals surface area contributed by atoms with Crippen molar-refractivity contribution in [1.82, 2.24) is 0 Å². The molecule has 0 radical (unpaired) electrons. The summed E-state index contributed by atoms with van der Waals surface area (Å²) in [5.41, 5.74) is 11.2. The lowest BCUT2D eigenvalue weighted by Crippen LogP contribution is -2.48. The smallest absolute Gasteiger partial charge is 0.0636 e. The second-order valence-corrected chi connectivity index (χ2v) is 3.15. The molecule has 1 saturated carbocycles. The zero-order valence-corrected chi connectivity index (χ0v) is 5.90. The predicted octanol–water partition coefficient (Wildman–Crippen LogP) is 0.954. The van der Waals surface area contributed by atoms with E-state index in [1.807, 2.05) is 0 Å². The molecule has 0 spiro atoms. The number of rotatable bonds is 0. The van der Waals surface area contributed by atoms with Crippen molar-refractivity contribution in [3.8, 4) is 0 Å². The van der Waals surface area contributed by atoms with Crippen LogP contribution in [0.25, 0.3) is 0 Å². The monoisotopic (exact) mass is 128 g/mol. The molecule has 0 bridgehead atoms. The van der Waals surface area contributed by atoms with Crippen molar-refractivity contribution in [2.75, 3.05) is 0 Å². The average Bonchev–Trinajstić information content (AvgIpc) is 1.92.